The second-order valence-corrected chi connectivity index (χ2v) is 6.20. The highest BCUT2D eigenvalue weighted by molar-refractivity contribution is 5.81. The summed E-state index contributed by atoms with van der Waals surface area (Å²) < 4.78 is 5.95. The fourth-order valence-electron chi connectivity index (χ4n) is 3.66. The van der Waals surface area contributed by atoms with Crippen molar-refractivity contribution in [2.24, 2.45) is 0 Å². The summed E-state index contributed by atoms with van der Waals surface area (Å²) in [5, 5.41) is 0. The van der Waals surface area contributed by atoms with Crippen LogP contribution in [0.2, 0.25) is 0 Å². The molecule has 2 amide bonds. The Labute approximate surface area is 137 Å². The molecular formula is C18H24N2O3. The molecule has 1 aromatic carbocycles. The van der Waals surface area contributed by atoms with Gasteiger partial charge in [-0.3, -0.25) is 9.59 Å². The molecule has 0 fully saturated rings. The van der Waals surface area contributed by atoms with E-state index >= 15 is 0 Å². The molecule has 0 bridgehead atoms. The smallest absolute Gasteiger partial charge is 0.222 e. The fraction of sp³-hybridized carbons (Fsp3) is 0.556. The molecule has 0 spiro atoms. The van der Waals surface area contributed by atoms with Crippen LogP contribution in [0, 0.1) is 0 Å². The molecular weight excluding hydrogens is 292 g/mol. The van der Waals surface area contributed by atoms with Gasteiger partial charge in [0.1, 0.15) is 12.4 Å². The average molecular weight is 316 g/mol. The number of amides is 2. The molecule has 3 rings (SSSR count). The number of fused-ring (bicyclic) bond motifs is 3. The highest BCUT2D eigenvalue weighted by Gasteiger charge is 2.32. The highest BCUT2D eigenvalue weighted by Crippen LogP contribution is 2.38. The summed E-state index contributed by atoms with van der Waals surface area (Å²) in [5.41, 5.74) is 3.37. The summed E-state index contributed by atoms with van der Waals surface area (Å²) in [4.78, 5) is 27.1. The molecule has 0 aromatic heterocycles. The first-order valence-electron chi connectivity index (χ1n) is 8.48. The van der Waals surface area contributed by atoms with Crippen LogP contribution in [0.25, 0.3) is 0 Å². The molecule has 5 nitrogen and oxygen atoms in total. The van der Waals surface area contributed by atoms with Gasteiger partial charge in [-0.1, -0.05) is 13.8 Å². The molecule has 0 aliphatic carbocycles. The Bertz CT molecular complexity index is 615. The number of benzene rings is 1. The normalized spacial score (nSPS) is 18.9. The van der Waals surface area contributed by atoms with Crippen LogP contribution in [0.4, 0.5) is 5.69 Å². The summed E-state index contributed by atoms with van der Waals surface area (Å²) in [6.07, 6.45) is 4.04. The van der Waals surface area contributed by atoms with Gasteiger partial charge in [-0.25, -0.2) is 0 Å². The van der Waals surface area contributed by atoms with Crippen LogP contribution in [-0.4, -0.2) is 43.0 Å². The summed E-state index contributed by atoms with van der Waals surface area (Å²) >= 11 is 0. The van der Waals surface area contributed by atoms with E-state index in [-0.39, 0.29) is 11.9 Å². The quantitative estimate of drug-likeness (QED) is 0.782. The van der Waals surface area contributed by atoms with E-state index < -0.39 is 0 Å². The van der Waals surface area contributed by atoms with Crippen LogP contribution >= 0.6 is 0 Å². The Hall–Kier alpha value is -2.04. The van der Waals surface area contributed by atoms with Gasteiger partial charge in [0, 0.05) is 37.2 Å². The zero-order valence-corrected chi connectivity index (χ0v) is 13.9. The molecule has 2 aliphatic rings. The van der Waals surface area contributed by atoms with Gasteiger partial charge in [-0.2, -0.15) is 0 Å². The van der Waals surface area contributed by atoms with Crippen molar-refractivity contribution < 1.29 is 14.3 Å². The van der Waals surface area contributed by atoms with E-state index in [1.807, 2.05) is 24.0 Å². The summed E-state index contributed by atoms with van der Waals surface area (Å²) in [6, 6.07) is 4.02. The van der Waals surface area contributed by atoms with Crippen LogP contribution in [0.3, 0.4) is 0 Å². The van der Waals surface area contributed by atoms with Crippen molar-refractivity contribution in [1.29, 1.82) is 0 Å². The molecule has 1 aromatic rings. The molecule has 0 saturated carbocycles. The first kappa shape index (κ1) is 15.8. The Kier molecular flexibility index (Phi) is 4.55. The summed E-state index contributed by atoms with van der Waals surface area (Å²) in [5.74, 6) is 1.10. The predicted molar refractivity (Wildman–Crippen MR) is 88.8 cm³/mol. The average Bonchev–Trinajstić information content (AvgIpc) is 3.02. The van der Waals surface area contributed by atoms with Gasteiger partial charge in [0.15, 0.2) is 0 Å². The zero-order chi connectivity index (χ0) is 16.4. The van der Waals surface area contributed by atoms with Gasteiger partial charge in [0.05, 0.1) is 6.04 Å². The van der Waals surface area contributed by atoms with Crippen LogP contribution in [0.1, 0.15) is 37.8 Å². The number of anilines is 1. The second kappa shape index (κ2) is 6.60. The molecule has 0 saturated heterocycles. The monoisotopic (exact) mass is 316 g/mol. The summed E-state index contributed by atoms with van der Waals surface area (Å²) in [6.45, 7) is 6.04. The SMILES string of the molecule is CCCN(C(=O)CC)C1COc2ccc3c(c2C1)CCN3C=O. The van der Waals surface area contributed by atoms with Crippen LogP contribution in [0.5, 0.6) is 5.75 Å². The maximum Gasteiger partial charge on any atom is 0.222 e. The van der Waals surface area contributed by atoms with Crippen molar-refractivity contribution in [3.63, 3.8) is 0 Å². The van der Waals surface area contributed by atoms with Gasteiger partial charge >= 0.3 is 0 Å². The number of ether oxygens (including phenoxy) is 1. The zero-order valence-electron chi connectivity index (χ0n) is 13.9. The van der Waals surface area contributed by atoms with Crippen LogP contribution in [0.15, 0.2) is 12.1 Å². The standard InChI is InChI=1S/C18H24N2O3/c1-3-8-20(18(22)4-2)13-10-15-14-7-9-19(12-21)16(14)5-6-17(15)23-11-13/h5-6,12-13H,3-4,7-11H2,1-2H3. The van der Waals surface area contributed by atoms with Gasteiger partial charge in [-0.05, 0) is 30.5 Å². The van der Waals surface area contributed by atoms with Crippen molar-refractivity contribution in [2.45, 2.75) is 45.6 Å². The lowest BCUT2D eigenvalue weighted by Crippen LogP contribution is -2.46. The minimum Gasteiger partial charge on any atom is -0.491 e. The van der Waals surface area contributed by atoms with Crippen LogP contribution in [-0.2, 0) is 22.4 Å². The predicted octanol–water partition coefficient (Wildman–Crippen LogP) is 2.16. The van der Waals surface area contributed by atoms with Gasteiger partial charge in [0.2, 0.25) is 12.3 Å². The molecule has 2 aliphatic heterocycles. The lowest BCUT2D eigenvalue weighted by molar-refractivity contribution is -0.134. The third-order valence-electron chi connectivity index (χ3n) is 4.80. The maximum absolute atomic E-state index is 12.3. The van der Waals surface area contributed by atoms with Crippen molar-refractivity contribution in [2.75, 3.05) is 24.6 Å². The Morgan fingerprint density at radius 1 is 1.39 bits per heavy atom. The lowest BCUT2D eigenvalue weighted by atomic mass is 9.94. The molecule has 1 unspecified atom stereocenters. The lowest BCUT2D eigenvalue weighted by Gasteiger charge is -2.35. The van der Waals surface area contributed by atoms with Crippen molar-refractivity contribution >= 4 is 18.0 Å². The van der Waals surface area contributed by atoms with Gasteiger partial charge in [0.25, 0.3) is 0 Å². The van der Waals surface area contributed by atoms with E-state index in [4.69, 9.17) is 4.74 Å². The van der Waals surface area contributed by atoms with Crippen molar-refractivity contribution in [3.8, 4) is 5.75 Å². The summed E-state index contributed by atoms with van der Waals surface area (Å²) in [7, 11) is 0. The highest BCUT2D eigenvalue weighted by atomic mass is 16.5. The number of hydrogen-bond donors (Lipinski definition) is 0. The number of carbonyl (C=O) groups is 2. The second-order valence-electron chi connectivity index (χ2n) is 6.20. The number of carbonyl (C=O) groups excluding carboxylic acids is 2. The van der Waals surface area contributed by atoms with Crippen LogP contribution < -0.4 is 9.64 Å². The molecule has 124 valence electrons. The van der Waals surface area contributed by atoms with Crippen molar-refractivity contribution in [1.82, 2.24) is 4.90 Å². The fourth-order valence-corrected chi connectivity index (χ4v) is 3.66. The molecule has 5 heteroatoms. The van der Waals surface area contributed by atoms with E-state index in [9.17, 15) is 9.59 Å². The molecule has 23 heavy (non-hydrogen) atoms. The molecule has 1 atom stereocenters. The Morgan fingerprint density at radius 3 is 2.91 bits per heavy atom. The minimum absolute atomic E-state index is 0.0895. The number of nitrogens with zero attached hydrogens (tertiary/aromatic N) is 2. The first-order valence-corrected chi connectivity index (χ1v) is 8.48. The maximum atomic E-state index is 12.3. The van der Waals surface area contributed by atoms with E-state index in [0.29, 0.717) is 13.0 Å². The Morgan fingerprint density at radius 2 is 2.22 bits per heavy atom. The van der Waals surface area contributed by atoms with E-state index in [1.165, 1.54) is 11.1 Å². The minimum atomic E-state index is 0.0895. The molecule has 0 N–H and O–H groups in total. The molecule has 2 heterocycles. The number of rotatable bonds is 5. The van der Waals surface area contributed by atoms with Gasteiger partial charge < -0.3 is 14.5 Å². The first-order chi connectivity index (χ1) is 11.2. The third-order valence-corrected chi connectivity index (χ3v) is 4.80. The van der Waals surface area contributed by atoms with E-state index in [1.54, 1.807) is 4.90 Å². The van der Waals surface area contributed by atoms with E-state index in [2.05, 4.69) is 6.92 Å². The Balaban J connectivity index is 1.89. The van der Waals surface area contributed by atoms with Crippen molar-refractivity contribution in [3.05, 3.63) is 23.3 Å². The van der Waals surface area contributed by atoms with Gasteiger partial charge in [-0.15, -0.1) is 0 Å². The van der Waals surface area contributed by atoms with E-state index in [0.717, 1.165) is 50.2 Å². The largest absolute Gasteiger partial charge is 0.491 e. The third kappa shape index (κ3) is 2.80. The number of hydrogen-bond acceptors (Lipinski definition) is 3. The topological polar surface area (TPSA) is 49.9 Å². The molecule has 0 radical (unpaired) electrons.